The van der Waals surface area contributed by atoms with Crippen LogP contribution in [0, 0.1) is 0 Å². The van der Waals surface area contributed by atoms with E-state index < -0.39 is 5.41 Å². The fraction of sp³-hybridized carbons (Fsp3) is 0.182. The van der Waals surface area contributed by atoms with Crippen molar-refractivity contribution in [2.75, 3.05) is 17.2 Å². The van der Waals surface area contributed by atoms with Gasteiger partial charge in [-0.3, -0.25) is 9.36 Å². The van der Waals surface area contributed by atoms with Crippen LogP contribution in [-0.4, -0.2) is 32.0 Å². The summed E-state index contributed by atoms with van der Waals surface area (Å²) in [6.07, 6.45) is 1.87. The second-order valence-electron chi connectivity index (χ2n) is 7.46. The van der Waals surface area contributed by atoms with Crippen LogP contribution >= 0.6 is 0 Å². The maximum absolute atomic E-state index is 13.9. The SMILES string of the molecule is CCN1C(=O)C2(Cc3nc4ccccc4n3-c3ncnc(N)c32)c2ccccc21. The highest BCUT2D eigenvalue weighted by Crippen LogP contribution is 2.52. The number of imidazole rings is 1. The van der Waals surface area contributed by atoms with Crippen LogP contribution in [0.25, 0.3) is 16.9 Å². The van der Waals surface area contributed by atoms with E-state index in [2.05, 4.69) is 9.97 Å². The predicted octanol–water partition coefficient (Wildman–Crippen LogP) is 2.61. The first-order chi connectivity index (χ1) is 14.2. The van der Waals surface area contributed by atoms with Gasteiger partial charge in [-0.05, 0) is 30.7 Å². The number of amides is 1. The lowest BCUT2D eigenvalue weighted by molar-refractivity contribution is -0.122. The third-order valence-corrected chi connectivity index (χ3v) is 6.13. The summed E-state index contributed by atoms with van der Waals surface area (Å²) in [5.41, 5.74) is 9.79. The lowest BCUT2D eigenvalue weighted by Crippen LogP contribution is -2.46. The van der Waals surface area contributed by atoms with Crippen molar-refractivity contribution >= 4 is 28.4 Å². The van der Waals surface area contributed by atoms with E-state index in [1.54, 1.807) is 0 Å². The second kappa shape index (κ2) is 5.41. The Kier molecular flexibility index (Phi) is 3.03. The number of nitrogen functional groups attached to an aromatic ring is 1. The van der Waals surface area contributed by atoms with E-state index in [-0.39, 0.29) is 5.91 Å². The van der Waals surface area contributed by atoms with E-state index in [1.165, 1.54) is 6.33 Å². The highest BCUT2D eigenvalue weighted by Gasteiger charge is 2.57. The van der Waals surface area contributed by atoms with E-state index in [4.69, 9.17) is 10.7 Å². The zero-order chi connectivity index (χ0) is 19.8. The quantitative estimate of drug-likeness (QED) is 0.547. The van der Waals surface area contributed by atoms with Gasteiger partial charge in [0.05, 0.1) is 16.6 Å². The summed E-state index contributed by atoms with van der Waals surface area (Å²) in [4.78, 5) is 29.4. The summed E-state index contributed by atoms with van der Waals surface area (Å²) in [7, 11) is 0. The van der Waals surface area contributed by atoms with Gasteiger partial charge in [0.25, 0.3) is 0 Å². The van der Waals surface area contributed by atoms with E-state index in [0.717, 1.165) is 28.1 Å². The predicted molar refractivity (Wildman–Crippen MR) is 110 cm³/mol. The van der Waals surface area contributed by atoms with Gasteiger partial charge in [-0.25, -0.2) is 15.0 Å². The first kappa shape index (κ1) is 16.2. The standard InChI is InChI=1S/C22H18N6O/c1-2-27-15-9-5-3-7-13(15)22(21(27)29)11-17-26-14-8-4-6-10-16(14)28(17)20-18(22)19(23)24-12-25-20/h3-10,12H,2,11H2,1H3,(H2,23,24,25). The number of carbonyl (C=O) groups is 1. The molecule has 2 N–H and O–H groups in total. The number of nitrogens with zero attached hydrogens (tertiary/aromatic N) is 5. The average molecular weight is 382 g/mol. The molecule has 0 saturated carbocycles. The number of rotatable bonds is 1. The maximum Gasteiger partial charge on any atom is 0.242 e. The molecule has 2 aliphatic rings. The molecule has 2 aromatic heterocycles. The molecule has 7 nitrogen and oxygen atoms in total. The lowest BCUT2D eigenvalue weighted by atomic mass is 9.71. The highest BCUT2D eigenvalue weighted by molar-refractivity contribution is 6.12. The van der Waals surface area contributed by atoms with Gasteiger partial charge >= 0.3 is 0 Å². The van der Waals surface area contributed by atoms with Crippen molar-refractivity contribution in [1.82, 2.24) is 19.5 Å². The summed E-state index contributed by atoms with van der Waals surface area (Å²) in [5, 5.41) is 0. The molecule has 4 aromatic rings. The van der Waals surface area contributed by atoms with E-state index >= 15 is 0 Å². The number of benzene rings is 2. The van der Waals surface area contributed by atoms with Crippen molar-refractivity contribution in [3.05, 3.63) is 71.8 Å². The van der Waals surface area contributed by atoms with Crippen LogP contribution in [0.3, 0.4) is 0 Å². The van der Waals surface area contributed by atoms with Crippen LogP contribution in [0.1, 0.15) is 23.9 Å². The van der Waals surface area contributed by atoms with Gasteiger partial charge in [0.15, 0.2) is 0 Å². The molecule has 142 valence electrons. The molecular formula is C22H18N6O. The number of hydrogen-bond acceptors (Lipinski definition) is 5. The van der Waals surface area contributed by atoms with Gasteiger partial charge in [0, 0.05) is 18.7 Å². The van der Waals surface area contributed by atoms with E-state index in [1.807, 2.05) is 64.9 Å². The normalized spacial score (nSPS) is 19.5. The molecule has 1 amide bonds. The first-order valence-electron chi connectivity index (χ1n) is 9.66. The molecule has 2 aliphatic heterocycles. The van der Waals surface area contributed by atoms with Gasteiger partial charge < -0.3 is 10.6 Å². The van der Waals surface area contributed by atoms with Gasteiger partial charge in [-0.15, -0.1) is 0 Å². The smallest absolute Gasteiger partial charge is 0.242 e. The minimum absolute atomic E-state index is 0.00209. The van der Waals surface area contributed by atoms with Crippen LogP contribution in [0.4, 0.5) is 11.5 Å². The third-order valence-electron chi connectivity index (χ3n) is 6.13. The van der Waals surface area contributed by atoms with Gasteiger partial charge in [0.2, 0.25) is 5.91 Å². The second-order valence-corrected chi connectivity index (χ2v) is 7.46. The zero-order valence-corrected chi connectivity index (χ0v) is 15.8. The Hall–Kier alpha value is -3.74. The molecule has 4 heterocycles. The molecule has 0 bridgehead atoms. The Bertz CT molecular complexity index is 1330. The number of anilines is 2. The minimum atomic E-state index is -0.968. The summed E-state index contributed by atoms with van der Waals surface area (Å²) in [6.45, 7) is 2.56. The molecule has 7 heteroatoms. The van der Waals surface area contributed by atoms with Crippen molar-refractivity contribution < 1.29 is 4.79 Å². The monoisotopic (exact) mass is 382 g/mol. The van der Waals surface area contributed by atoms with Crippen molar-refractivity contribution in [1.29, 1.82) is 0 Å². The molecule has 6 rings (SSSR count). The summed E-state index contributed by atoms with van der Waals surface area (Å²) in [6, 6.07) is 15.8. The number of likely N-dealkylation sites (N-methyl/N-ethyl adjacent to an activating group) is 1. The van der Waals surface area contributed by atoms with Crippen LogP contribution in [0.2, 0.25) is 0 Å². The molecule has 0 fully saturated rings. The van der Waals surface area contributed by atoms with Gasteiger partial charge in [0.1, 0.15) is 29.2 Å². The van der Waals surface area contributed by atoms with Crippen molar-refractivity contribution in [2.24, 2.45) is 0 Å². The molecule has 1 spiro atoms. The molecular weight excluding hydrogens is 364 g/mol. The summed E-state index contributed by atoms with van der Waals surface area (Å²) >= 11 is 0. The number of hydrogen-bond donors (Lipinski definition) is 1. The molecule has 29 heavy (non-hydrogen) atoms. The van der Waals surface area contributed by atoms with Crippen LogP contribution in [0.5, 0.6) is 0 Å². The Morgan fingerprint density at radius 3 is 2.76 bits per heavy atom. The molecule has 1 atom stereocenters. The first-order valence-corrected chi connectivity index (χ1v) is 9.66. The lowest BCUT2D eigenvalue weighted by Gasteiger charge is -2.35. The molecule has 1 unspecified atom stereocenters. The molecule has 0 radical (unpaired) electrons. The maximum atomic E-state index is 13.9. The zero-order valence-electron chi connectivity index (χ0n) is 15.8. The Labute approximate surface area is 166 Å². The van der Waals surface area contributed by atoms with E-state index in [9.17, 15) is 4.79 Å². The Balaban J connectivity index is 1.76. The Morgan fingerprint density at radius 2 is 1.90 bits per heavy atom. The molecule has 0 aliphatic carbocycles. The molecule has 0 saturated heterocycles. The highest BCUT2D eigenvalue weighted by atomic mass is 16.2. The van der Waals surface area contributed by atoms with Crippen molar-refractivity contribution in [3.63, 3.8) is 0 Å². The third kappa shape index (κ3) is 1.82. The number of carbonyl (C=O) groups excluding carboxylic acids is 1. The fourth-order valence-electron chi connectivity index (χ4n) is 4.98. The summed E-state index contributed by atoms with van der Waals surface area (Å²) < 4.78 is 2.01. The van der Waals surface area contributed by atoms with Crippen LogP contribution in [0.15, 0.2) is 54.9 Å². The minimum Gasteiger partial charge on any atom is -0.383 e. The number of para-hydroxylation sites is 3. The van der Waals surface area contributed by atoms with Crippen molar-refractivity contribution in [3.8, 4) is 5.82 Å². The summed E-state index contributed by atoms with van der Waals surface area (Å²) in [5.74, 6) is 1.77. The fourth-order valence-corrected chi connectivity index (χ4v) is 4.98. The van der Waals surface area contributed by atoms with Gasteiger partial charge in [-0.2, -0.15) is 0 Å². The Morgan fingerprint density at radius 1 is 1.10 bits per heavy atom. The topological polar surface area (TPSA) is 89.9 Å². The van der Waals surface area contributed by atoms with Crippen LogP contribution < -0.4 is 10.6 Å². The van der Waals surface area contributed by atoms with Gasteiger partial charge in [-0.1, -0.05) is 30.3 Å². The van der Waals surface area contributed by atoms with Crippen molar-refractivity contribution in [2.45, 2.75) is 18.8 Å². The van der Waals surface area contributed by atoms with Crippen LogP contribution in [-0.2, 0) is 16.6 Å². The average Bonchev–Trinajstić information content (AvgIpc) is 3.22. The number of aromatic nitrogens is 4. The largest absolute Gasteiger partial charge is 0.383 e. The molecule has 2 aromatic carbocycles. The number of fused-ring (bicyclic) bond motifs is 8. The number of nitrogens with two attached hydrogens (primary N) is 1. The van der Waals surface area contributed by atoms with E-state index in [0.29, 0.717) is 30.2 Å².